The Hall–Kier alpha value is -0.610. The summed E-state index contributed by atoms with van der Waals surface area (Å²) in [4.78, 5) is 13.6. The summed E-state index contributed by atoms with van der Waals surface area (Å²) in [5.41, 5.74) is -0.0376. The average molecular weight is 214 g/mol. The quantitative estimate of drug-likeness (QED) is 0.713. The zero-order chi connectivity index (χ0) is 11.5. The van der Waals surface area contributed by atoms with Crippen molar-refractivity contribution in [2.24, 2.45) is 0 Å². The zero-order valence-corrected chi connectivity index (χ0v) is 9.92. The van der Waals surface area contributed by atoms with E-state index < -0.39 is 0 Å². The molecule has 1 aliphatic heterocycles. The average Bonchev–Trinajstić information content (AvgIpc) is 2.60. The summed E-state index contributed by atoms with van der Waals surface area (Å²) >= 11 is 0. The molecule has 1 saturated heterocycles. The summed E-state index contributed by atoms with van der Waals surface area (Å²) in [5, 5.41) is 12.3. The van der Waals surface area contributed by atoms with Gasteiger partial charge >= 0.3 is 0 Å². The number of amides is 1. The van der Waals surface area contributed by atoms with Gasteiger partial charge in [-0.1, -0.05) is 0 Å². The van der Waals surface area contributed by atoms with Crippen molar-refractivity contribution < 1.29 is 9.90 Å². The van der Waals surface area contributed by atoms with Crippen LogP contribution in [0.5, 0.6) is 0 Å². The molecule has 0 aromatic rings. The summed E-state index contributed by atoms with van der Waals surface area (Å²) in [6.07, 6.45) is 1.93. The third kappa shape index (κ3) is 3.80. The van der Waals surface area contributed by atoms with Gasteiger partial charge in [0.05, 0.1) is 19.2 Å². The lowest BCUT2D eigenvalue weighted by molar-refractivity contribution is -0.132. The largest absolute Gasteiger partial charge is 0.394 e. The lowest BCUT2D eigenvalue weighted by atomic mass is 10.1. The van der Waals surface area contributed by atoms with E-state index in [4.69, 9.17) is 5.11 Å². The number of nitrogens with one attached hydrogen (secondary N) is 1. The molecule has 4 heteroatoms. The smallest absolute Gasteiger partial charge is 0.236 e. The first-order valence-corrected chi connectivity index (χ1v) is 5.59. The number of rotatable bonds is 3. The summed E-state index contributed by atoms with van der Waals surface area (Å²) in [6.45, 7) is 7.34. The molecule has 0 unspecified atom stereocenters. The molecule has 1 aliphatic rings. The number of aliphatic hydroxyl groups excluding tert-OH is 1. The van der Waals surface area contributed by atoms with Crippen LogP contribution in [0.25, 0.3) is 0 Å². The number of carbonyl (C=O) groups is 1. The van der Waals surface area contributed by atoms with E-state index in [2.05, 4.69) is 5.32 Å². The van der Waals surface area contributed by atoms with E-state index >= 15 is 0 Å². The molecule has 0 bridgehead atoms. The lowest BCUT2D eigenvalue weighted by Crippen LogP contribution is -2.47. The Labute approximate surface area is 91.6 Å². The van der Waals surface area contributed by atoms with E-state index in [1.54, 1.807) is 4.90 Å². The monoisotopic (exact) mass is 214 g/mol. The van der Waals surface area contributed by atoms with Crippen LogP contribution in [-0.4, -0.2) is 47.2 Å². The molecule has 0 saturated carbocycles. The maximum Gasteiger partial charge on any atom is 0.236 e. The highest BCUT2D eigenvalue weighted by molar-refractivity contribution is 5.79. The Bertz CT molecular complexity index is 223. The summed E-state index contributed by atoms with van der Waals surface area (Å²) in [5.74, 6) is 0.0986. The van der Waals surface area contributed by atoms with E-state index in [1.807, 2.05) is 20.8 Å². The van der Waals surface area contributed by atoms with Crippen LogP contribution in [0.4, 0.5) is 0 Å². The maximum atomic E-state index is 11.8. The van der Waals surface area contributed by atoms with Crippen LogP contribution in [0.3, 0.4) is 0 Å². The van der Waals surface area contributed by atoms with Crippen LogP contribution < -0.4 is 5.32 Å². The topological polar surface area (TPSA) is 52.6 Å². The highest BCUT2D eigenvalue weighted by Crippen LogP contribution is 2.16. The van der Waals surface area contributed by atoms with Gasteiger partial charge in [0.2, 0.25) is 5.91 Å². The van der Waals surface area contributed by atoms with E-state index in [0.717, 1.165) is 19.4 Å². The van der Waals surface area contributed by atoms with Gasteiger partial charge in [-0.2, -0.15) is 0 Å². The van der Waals surface area contributed by atoms with Gasteiger partial charge in [-0.3, -0.25) is 4.79 Å². The molecule has 0 aliphatic carbocycles. The predicted molar refractivity (Wildman–Crippen MR) is 59.6 cm³/mol. The first kappa shape index (κ1) is 12.5. The maximum absolute atomic E-state index is 11.8. The van der Waals surface area contributed by atoms with Crippen molar-refractivity contribution in [3.05, 3.63) is 0 Å². The summed E-state index contributed by atoms with van der Waals surface area (Å²) < 4.78 is 0. The van der Waals surface area contributed by atoms with E-state index in [9.17, 15) is 4.79 Å². The van der Waals surface area contributed by atoms with Crippen molar-refractivity contribution in [3.63, 3.8) is 0 Å². The van der Waals surface area contributed by atoms with E-state index in [0.29, 0.717) is 6.54 Å². The SMILES string of the molecule is CC(C)(C)NCC(=O)N1CCC[C@@H]1CO. The van der Waals surface area contributed by atoms with Crippen LogP contribution in [0.2, 0.25) is 0 Å². The van der Waals surface area contributed by atoms with Crippen LogP contribution in [0.1, 0.15) is 33.6 Å². The molecule has 15 heavy (non-hydrogen) atoms. The molecule has 1 heterocycles. The number of likely N-dealkylation sites (tertiary alicyclic amines) is 1. The second kappa shape index (κ2) is 4.94. The van der Waals surface area contributed by atoms with E-state index in [-0.39, 0.29) is 24.1 Å². The Morgan fingerprint density at radius 2 is 2.20 bits per heavy atom. The second-order valence-corrected chi connectivity index (χ2v) is 5.17. The minimum absolute atomic E-state index is 0.0376. The van der Waals surface area contributed by atoms with Gasteiger partial charge in [0.25, 0.3) is 0 Å². The first-order valence-electron chi connectivity index (χ1n) is 5.59. The number of nitrogens with zero attached hydrogens (tertiary/aromatic N) is 1. The molecule has 0 aromatic heterocycles. The van der Waals surface area contributed by atoms with Crippen molar-refractivity contribution in [1.82, 2.24) is 10.2 Å². The number of aliphatic hydroxyl groups is 1. The third-order valence-corrected chi connectivity index (χ3v) is 2.68. The van der Waals surface area contributed by atoms with Crippen molar-refractivity contribution in [3.8, 4) is 0 Å². The standard InChI is InChI=1S/C11H22N2O2/c1-11(2,3)12-7-10(15)13-6-4-5-9(13)8-14/h9,12,14H,4-8H2,1-3H3/t9-/m1/s1. The fourth-order valence-corrected chi connectivity index (χ4v) is 1.80. The summed E-state index contributed by atoms with van der Waals surface area (Å²) in [7, 11) is 0. The first-order chi connectivity index (χ1) is 6.94. The normalized spacial score (nSPS) is 22.1. The molecule has 0 aromatic carbocycles. The molecule has 0 spiro atoms. The molecular weight excluding hydrogens is 192 g/mol. The Morgan fingerprint density at radius 1 is 1.53 bits per heavy atom. The molecular formula is C11H22N2O2. The highest BCUT2D eigenvalue weighted by atomic mass is 16.3. The van der Waals surface area contributed by atoms with Gasteiger partial charge in [-0.05, 0) is 33.6 Å². The molecule has 1 rings (SSSR count). The van der Waals surface area contributed by atoms with E-state index in [1.165, 1.54) is 0 Å². The van der Waals surface area contributed by atoms with Gasteiger partial charge in [0.1, 0.15) is 0 Å². The number of carbonyl (C=O) groups excluding carboxylic acids is 1. The molecule has 1 amide bonds. The molecule has 88 valence electrons. The predicted octanol–water partition coefficient (Wildman–Crippen LogP) is 0.358. The Kier molecular flexibility index (Phi) is 4.11. The van der Waals surface area contributed by atoms with Crippen molar-refractivity contribution in [2.75, 3.05) is 19.7 Å². The zero-order valence-electron chi connectivity index (χ0n) is 9.92. The fraction of sp³-hybridized carbons (Fsp3) is 0.909. The third-order valence-electron chi connectivity index (χ3n) is 2.68. The van der Waals surface area contributed by atoms with Crippen LogP contribution in [0, 0.1) is 0 Å². The number of hydrogen-bond acceptors (Lipinski definition) is 3. The Morgan fingerprint density at radius 3 is 2.73 bits per heavy atom. The van der Waals surface area contributed by atoms with Crippen molar-refractivity contribution in [2.45, 2.75) is 45.2 Å². The van der Waals surface area contributed by atoms with Crippen molar-refractivity contribution >= 4 is 5.91 Å². The van der Waals surface area contributed by atoms with Gasteiger partial charge in [-0.25, -0.2) is 0 Å². The minimum atomic E-state index is -0.0376. The number of hydrogen-bond donors (Lipinski definition) is 2. The van der Waals surface area contributed by atoms with Crippen LogP contribution >= 0.6 is 0 Å². The van der Waals surface area contributed by atoms with Crippen LogP contribution in [-0.2, 0) is 4.79 Å². The molecule has 2 N–H and O–H groups in total. The molecule has 1 fully saturated rings. The van der Waals surface area contributed by atoms with Gasteiger partial charge in [-0.15, -0.1) is 0 Å². The van der Waals surface area contributed by atoms with Gasteiger partial charge in [0, 0.05) is 12.1 Å². The summed E-state index contributed by atoms with van der Waals surface area (Å²) in [6, 6.07) is 0.0410. The fourth-order valence-electron chi connectivity index (χ4n) is 1.80. The second-order valence-electron chi connectivity index (χ2n) is 5.17. The van der Waals surface area contributed by atoms with Gasteiger partial charge < -0.3 is 15.3 Å². The molecule has 0 radical (unpaired) electrons. The lowest BCUT2D eigenvalue weighted by Gasteiger charge is -2.26. The van der Waals surface area contributed by atoms with Crippen molar-refractivity contribution in [1.29, 1.82) is 0 Å². The van der Waals surface area contributed by atoms with Crippen LogP contribution in [0.15, 0.2) is 0 Å². The molecule has 4 nitrogen and oxygen atoms in total. The molecule has 1 atom stereocenters. The van der Waals surface area contributed by atoms with Gasteiger partial charge in [0.15, 0.2) is 0 Å². The Balaban J connectivity index is 2.40. The minimum Gasteiger partial charge on any atom is -0.394 e. The highest BCUT2D eigenvalue weighted by Gasteiger charge is 2.28.